The minimum atomic E-state index is -0.178. The fraction of sp³-hybridized carbons (Fsp3) is 0.571. The van der Waals surface area contributed by atoms with Gasteiger partial charge >= 0.3 is 0 Å². The zero-order valence-electron chi connectivity index (χ0n) is 11.4. The summed E-state index contributed by atoms with van der Waals surface area (Å²) in [6, 6.07) is 1.47. The Morgan fingerprint density at radius 1 is 1.42 bits per heavy atom. The van der Waals surface area contributed by atoms with Gasteiger partial charge in [-0.05, 0) is 40.9 Å². The lowest BCUT2D eigenvalue weighted by Crippen LogP contribution is -2.44. The van der Waals surface area contributed by atoms with Crippen molar-refractivity contribution < 1.29 is 9.13 Å². The number of hydrogen-bond acceptors (Lipinski definition) is 3. The Bertz CT molecular complexity index is 448. The lowest BCUT2D eigenvalue weighted by molar-refractivity contribution is 0.242. The number of hydrogen-bond donors (Lipinski definition) is 1. The molecule has 106 valence electrons. The Morgan fingerprint density at radius 3 is 2.74 bits per heavy atom. The molecule has 3 nitrogen and oxygen atoms in total. The van der Waals surface area contributed by atoms with Crippen molar-refractivity contribution in [2.24, 2.45) is 0 Å². The molecule has 19 heavy (non-hydrogen) atoms. The number of halogens is 2. The molecule has 1 heterocycles. The molecule has 0 spiro atoms. The van der Waals surface area contributed by atoms with Crippen molar-refractivity contribution in [1.29, 1.82) is 0 Å². The molecule has 0 amide bonds. The molecular weight excluding hydrogens is 311 g/mol. The fourth-order valence-corrected chi connectivity index (χ4v) is 3.07. The van der Waals surface area contributed by atoms with Crippen LogP contribution < -0.4 is 10.1 Å². The molecule has 0 atom stereocenters. The van der Waals surface area contributed by atoms with Crippen molar-refractivity contribution in [2.45, 2.75) is 13.3 Å². The van der Waals surface area contributed by atoms with Crippen molar-refractivity contribution in [3.05, 3.63) is 27.5 Å². The third kappa shape index (κ3) is 3.46. The zero-order valence-corrected chi connectivity index (χ0v) is 13.0. The first-order valence-corrected chi connectivity index (χ1v) is 7.37. The van der Waals surface area contributed by atoms with Crippen LogP contribution in [0.25, 0.3) is 0 Å². The summed E-state index contributed by atoms with van der Waals surface area (Å²) in [6.07, 6.45) is 0.811. The van der Waals surface area contributed by atoms with E-state index >= 15 is 0 Å². The van der Waals surface area contributed by atoms with Crippen LogP contribution >= 0.6 is 15.9 Å². The summed E-state index contributed by atoms with van der Waals surface area (Å²) in [5, 5.41) is 3.33. The zero-order chi connectivity index (χ0) is 13.8. The normalized spacial score (nSPS) is 16.6. The maximum atomic E-state index is 13.8. The standard InChI is InChI=1S/C14H20BrFN2O/c1-10-11(3-6-18-7-4-17-5-8-18)14(19-2)12(15)9-13(10)16/h9,17H,3-8H2,1-2H3. The van der Waals surface area contributed by atoms with Gasteiger partial charge in [0.05, 0.1) is 11.6 Å². The molecule has 0 unspecified atom stereocenters. The largest absolute Gasteiger partial charge is 0.495 e. The highest BCUT2D eigenvalue weighted by molar-refractivity contribution is 9.10. The van der Waals surface area contributed by atoms with Crippen LogP contribution in [-0.4, -0.2) is 44.7 Å². The van der Waals surface area contributed by atoms with Crippen molar-refractivity contribution in [1.82, 2.24) is 10.2 Å². The molecule has 1 aliphatic rings. The molecule has 1 N–H and O–H groups in total. The van der Waals surface area contributed by atoms with Gasteiger partial charge in [0.25, 0.3) is 0 Å². The molecular formula is C14H20BrFN2O. The second kappa shape index (κ2) is 6.68. The van der Waals surface area contributed by atoms with E-state index in [1.807, 2.05) is 6.92 Å². The van der Waals surface area contributed by atoms with E-state index in [1.165, 1.54) is 6.07 Å². The van der Waals surface area contributed by atoms with Crippen LogP contribution in [0, 0.1) is 12.7 Å². The molecule has 2 rings (SSSR count). The second-order valence-corrected chi connectivity index (χ2v) is 5.67. The lowest BCUT2D eigenvalue weighted by atomic mass is 10.0. The monoisotopic (exact) mass is 330 g/mol. The average molecular weight is 331 g/mol. The minimum Gasteiger partial charge on any atom is -0.495 e. The van der Waals surface area contributed by atoms with E-state index in [1.54, 1.807) is 7.11 Å². The topological polar surface area (TPSA) is 24.5 Å². The van der Waals surface area contributed by atoms with Crippen molar-refractivity contribution in [2.75, 3.05) is 39.8 Å². The van der Waals surface area contributed by atoms with Gasteiger partial charge in [0.1, 0.15) is 11.6 Å². The van der Waals surface area contributed by atoms with E-state index in [9.17, 15) is 4.39 Å². The Morgan fingerprint density at radius 2 is 2.11 bits per heavy atom. The van der Waals surface area contributed by atoms with Crippen LogP contribution in [0.3, 0.4) is 0 Å². The molecule has 1 saturated heterocycles. The Hall–Kier alpha value is -0.650. The quantitative estimate of drug-likeness (QED) is 0.917. The molecule has 0 bridgehead atoms. The van der Waals surface area contributed by atoms with E-state index < -0.39 is 0 Å². The van der Waals surface area contributed by atoms with E-state index in [4.69, 9.17) is 4.74 Å². The van der Waals surface area contributed by atoms with Crippen LogP contribution in [0.2, 0.25) is 0 Å². The number of nitrogens with one attached hydrogen (secondary N) is 1. The van der Waals surface area contributed by atoms with Gasteiger partial charge in [-0.25, -0.2) is 4.39 Å². The Labute approximate surface area is 122 Å². The summed E-state index contributed by atoms with van der Waals surface area (Å²) in [6.45, 7) is 6.92. The number of rotatable bonds is 4. The Balaban J connectivity index is 2.13. The van der Waals surface area contributed by atoms with Crippen LogP contribution in [0.1, 0.15) is 11.1 Å². The van der Waals surface area contributed by atoms with Gasteiger partial charge in [-0.15, -0.1) is 0 Å². The highest BCUT2D eigenvalue weighted by Gasteiger charge is 2.17. The molecule has 0 aliphatic carbocycles. The highest BCUT2D eigenvalue weighted by atomic mass is 79.9. The number of methoxy groups -OCH3 is 1. The molecule has 0 aromatic heterocycles. The molecule has 5 heteroatoms. The summed E-state index contributed by atoms with van der Waals surface area (Å²) >= 11 is 3.37. The first-order valence-electron chi connectivity index (χ1n) is 6.58. The van der Waals surface area contributed by atoms with E-state index in [0.29, 0.717) is 10.0 Å². The van der Waals surface area contributed by atoms with Gasteiger partial charge in [-0.2, -0.15) is 0 Å². The molecule has 1 aromatic carbocycles. The number of nitrogens with zero attached hydrogens (tertiary/aromatic N) is 1. The number of piperazine rings is 1. The summed E-state index contributed by atoms with van der Waals surface area (Å²) in [7, 11) is 1.63. The molecule has 1 fully saturated rings. The van der Waals surface area contributed by atoms with E-state index in [0.717, 1.165) is 50.5 Å². The van der Waals surface area contributed by atoms with Crippen molar-refractivity contribution in [3.63, 3.8) is 0 Å². The SMILES string of the molecule is COc1c(Br)cc(F)c(C)c1CCN1CCNCC1. The van der Waals surface area contributed by atoms with Gasteiger partial charge in [0.15, 0.2) is 0 Å². The first kappa shape index (κ1) is 14.8. The summed E-state index contributed by atoms with van der Waals surface area (Å²) < 4.78 is 19.9. The highest BCUT2D eigenvalue weighted by Crippen LogP contribution is 2.33. The van der Waals surface area contributed by atoms with Gasteiger partial charge in [0.2, 0.25) is 0 Å². The van der Waals surface area contributed by atoms with Crippen molar-refractivity contribution in [3.8, 4) is 5.75 Å². The maximum Gasteiger partial charge on any atom is 0.136 e. The molecule has 1 aliphatic heterocycles. The lowest BCUT2D eigenvalue weighted by Gasteiger charge is -2.27. The van der Waals surface area contributed by atoms with E-state index in [-0.39, 0.29) is 5.82 Å². The molecule has 0 saturated carbocycles. The van der Waals surface area contributed by atoms with Crippen LogP contribution in [0.15, 0.2) is 10.5 Å². The smallest absolute Gasteiger partial charge is 0.136 e. The second-order valence-electron chi connectivity index (χ2n) is 4.82. The number of ether oxygens (including phenoxy) is 1. The summed E-state index contributed by atoms with van der Waals surface area (Å²) in [5.41, 5.74) is 1.66. The van der Waals surface area contributed by atoms with Gasteiger partial charge in [-0.3, -0.25) is 0 Å². The molecule has 1 aromatic rings. The van der Waals surface area contributed by atoms with Crippen molar-refractivity contribution >= 4 is 15.9 Å². The Kier molecular flexibility index (Phi) is 5.19. The fourth-order valence-electron chi connectivity index (χ4n) is 2.47. The molecule has 0 radical (unpaired) electrons. The predicted molar refractivity (Wildman–Crippen MR) is 78.4 cm³/mol. The average Bonchev–Trinajstić information content (AvgIpc) is 2.42. The summed E-state index contributed by atoms with van der Waals surface area (Å²) in [5.74, 6) is 0.581. The third-order valence-corrected chi connectivity index (χ3v) is 4.24. The van der Waals surface area contributed by atoms with Gasteiger partial charge < -0.3 is 15.0 Å². The van der Waals surface area contributed by atoms with Gasteiger partial charge in [-0.1, -0.05) is 0 Å². The van der Waals surface area contributed by atoms with Gasteiger partial charge in [0, 0.05) is 38.3 Å². The maximum absolute atomic E-state index is 13.8. The number of benzene rings is 1. The first-order chi connectivity index (χ1) is 9.13. The minimum absolute atomic E-state index is 0.178. The van der Waals surface area contributed by atoms with E-state index in [2.05, 4.69) is 26.1 Å². The van der Waals surface area contributed by atoms with Crippen LogP contribution in [-0.2, 0) is 6.42 Å². The summed E-state index contributed by atoms with van der Waals surface area (Å²) in [4.78, 5) is 2.40. The predicted octanol–water partition coefficient (Wildman–Crippen LogP) is 2.35. The van der Waals surface area contributed by atoms with Crippen LogP contribution in [0.5, 0.6) is 5.75 Å². The third-order valence-electron chi connectivity index (χ3n) is 3.65. The van der Waals surface area contributed by atoms with Crippen LogP contribution in [0.4, 0.5) is 4.39 Å².